The molecule has 0 spiro atoms. The van der Waals surface area contributed by atoms with Crippen LogP contribution in [0.1, 0.15) is 24.1 Å². The molecular formula is C11H16BrNO2. The van der Waals surface area contributed by atoms with Crippen LogP contribution in [0, 0.1) is 6.92 Å². The van der Waals surface area contributed by atoms with Gasteiger partial charge in [0.2, 0.25) is 0 Å². The summed E-state index contributed by atoms with van der Waals surface area (Å²) in [4.78, 5) is 0. The van der Waals surface area contributed by atoms with E-state index in [4.69, 9.17) is 15.2 Å². The van der Waals surface area contributed by atoms with Crippen molar-refractivity contribution in [2.24, 2.45) is 5.73 Å². The largest absolute Gasteiger partial charge is 0.495 e. The minimum Gasteiger partial charge on any atom is -0.495 e. The first-order chi connectivity index (χ1) is 7.02. The summed E-state index contributed by atoms with van der Waals surface area (Å²) >= 11 is 3.44. The molecule has 1 rings (SSSR count). The summed E-state index contributed by atoms with van der Waals surface area (Å²) in [7, 11) is 3.26. The van der Waals surface area contributed by atoms with Crippen molar-refractivity contribution in [2.45, 2.75) is 19.9 Å². The van der Waals surface area contributed by atoms with E-state index in [0.717, 1.165) is 27.1 Å². The van der Waals surface area contributed by atoms with Gasteiger partial charge in [0.1, 0.15) is 16.0 Å². The summed E-state index contributed by atoms with van der Waals surface area (Å²) in [6.07, 6.45) is 0. The van der Waals surface area contributed by atoms with Gasteiger partial charge in [-0.2, -0.15) is 0 Å². The van der Waals surface area contributed by atoms with Crippen LogP contribution >= 0.6 is 15.9 Å². The highest BCUT2D eigenvalue weighted by molar-refractivity contribution is 9.10. The Labute approximate surface area is 98.7 Å². The number of methoxy groups -OCH3 is 2. The zero-order valence-electron chi connectivity index (χ0n) is 9.43. The van der Waals surface area contributed by atoms with Crippen molar-refractivity contribution in [1.82, 2.24) is 0 Å². The van der Waals surface area contributed by atoms with Gasteiger partial charge in [0, 0.05) is 6.04 Å². The fraction of sp³-hybridized carbons (Fsp3) is 0.455. The van der Waals surface area contributed by atoms with E-state index >= 15 is 0 Å². The number of halogens is 1. The van der Waals surface area contributed by atoms with E-state index in [-0.39, 0.29) is 6.04 Å². The van der Waals surface area contributed by atoms with E-state index in [1.54, 1.807) is 14.2 Å². The van der Waals surface area contributed by atoms with Crippen LogP contribution in [0.15, 0.2) is 10.5 Å². The van der Waals surface area contributed by atoms with E-state index in [0.29, 0.717) is 0 Å². The molecule has 1 aromatic carbocycles. The smallest absolute Gasteiger partial charge is 0.140 e. The van der Waals surface area contributed by atoms with Crippen molar-refractivity contribution in [3.05, 3.63) is 21.7 Å². The monoisotopic (exact) mass is 273 g/mol. The van der Waals surface area contributed by atoms with Crippen molar-refractivity contribution in [2.75, 3.05) is 14.2 Å². The maximum Gasteiger partial charge on any atom is 0.140 e. The fourth-order valence-electron chi connectivity index (χ4n) is 1.58. The van der Waals surface area contributed by atoms with Gasteiger partial charge in [0.15, 0.2) is 0 Å². The molecule has 0 aliphatic rings. The molecule has 3 nitrogen and oxygen atoms in total. The Morgan fingerprint density at radius 2 is 1.93 bits per heavy atom. The quantitative estimate of drug-likeness (QED) is 0.921. The normalized spacial score (nSPS) is 12.4. The minimum atomic E-state index is -0.0408. The first kappa shape index (κ1) is 12.3. The lowest BCUT2D eigenvalue weighted by molar-refractivity contribution is 0.386. The fourth-order valence-corrected chi connectivity index (χ4v) is 2.32. The van der Waals surface area contributed by atoms with Gasteiger partial charge in [-0.3, -0.25) is 0 Å². The molecule has 1 aromatic rings. The van der Waals surface area contributed by atoms with Crippen LogP contribution < -0.4 is 15.2 Å². The topological polar surface area (TPSA) is 44.5 Å². The third-order valence-electron chi connectivity index (χ3n) is 2.39. The molecule has 0 amide bonds. The lowest BCUT2D eigenvalue weighted by Crippen LogP contribution is -2.08. The molecule has 0 fully saturated rings. The first-order valence-electron chi connectivity index (χ1n) is 4.69. The molecule has 84 valence electrons. The van der Waals surface area contributed by atoms with Gasteiger partial charge in [0.05, 0.1) is 14.2 Å². The molecule has 1 atom stereocenters. The molecule has 0 aliphatic carbocycles. The van der Waals surface area contributed by atoms with Crippen LogP contribution in [0.2, 0.25) is 0 Å². The van der Waals surface area contributed by atoms with Crippen LogP contribution in [-0.4, -0.2) is 14.2 Å². The second-order valence-electron chi connectivity index (χ2n) is 3.43. The van der Waals surface area contributed by atoms with Crippen molar-refractivity contribution in [1.29, 1.82) is 0 Å². The SMILES string of the molecule is COc1cc([C@@H](C)N)c(C)c(OC)c1Br. The molecule has 15 heavy (non-hydrogen) atoms. The van der Waals surface area contributed by atoms with Gasteiger partial charge in [-0.1, -0.05) is 0 Å². The van der Waals surface area contributed by atoms with Crippen molar-refractivity contribution in [3.8, 4) is 11.5 Å². The maximum absolute atomic E-state index is 5.89. The lowest BCUT2D eigenvalue weighted by Gasteiger charge is -2.17. The molecule has 0 unspecified atom stereocenters. The zero-order chi connectivity index (χ0) is 11.6. The van der Waals surface area contributed by atoms with Crippen LogP contribution in [-0.2, 0) is 0 Å². The second kappa shape index (κ2) is 4.86. The van der Waals surface area contributed by atoms with Gasteiger partial charge in [-0.15, -0.1) is 0 Å². The molecule has 0 aliphatic heterocycles. The summed E-state index contributed by atoms with van der Waals surface area (Å²) < 4.78 is 11.4. The van der Waals surface area contributed by atoms with Crippen LogP contribution in [0.5, 0.6) is 11.5 Å². The van der Waals surface area contributed by atoms with E-state index in [1.807, 2.05) is 19.9 Å². The number of hydrogen-bond donors (Lipinski definition) is 1. The number of nitrogens with two attached hydrogens (primary N) is 1. The Balaban J connectivity index is 3.44. The molecule has 0 saturated heterocycles. The van der Waals surface area contributed by atoms with Crippen molar-refractivity contribution >= 4 is 15.9 Å². The summed E-state index contributed by atoms with van der Waals surface area (Å²) in [5.74, 6) is 1.52. The van der Waals surface area contributed by atoms with Gasteiger partial charge in [0.25, 0.3) is 0 Å². The Kier molecular flexibility index (Phi) is 3.99. The van der Waals surface area contributed by atoms with E-state index < -0.39 is 0 Å². The highest BCUT2D eigenvalue weighted by Crippen LogP contribution is 2.40. The standard InChI is InChI=1S/C11H16BrNO2/c1-6-8(7(2)13)5-9(14-3)10(12)11(6)15-4/h5,7H,13H2,1-4H3/t7-/m1/s1. The molecule has 0 heterocycles. The average molecular weight is 274 g/mol. The predicted octanol–water partition coefficient (Wildman–Crippen LogP) is 2.79. The summed E-state index contributed by atoms with van der Waals surface area (Å²) in [5, 5.41) is 0. The van der Waals surface area contributed by atoms with Gasteiger partial charge in [-0.05, 0) is 47.0 Å². The molecule has 0 aromatic heterocycles. The molecule has 2 N–H and O–H groups in total. The molecule has 0 saturated carbocycles. The molecule has 4 heteroatoms. The van der Waals surface area contributed by atoms with Crippen LogP contribution in [0.4, 0.5) is 0 Å². The minimum absolute atomic E-state index is 0.0408. The third-order valence-corrected chi connectivity index (χ3v) is 3.14. The Morgan fingerprint density at radius 1 is 1.33 bits per heavy atom. The number of hydrogen-bond acceptors (Lipinski definition) is 3. The zero-order valence-corrected chi connectivity index (χ0v) is 11.0. The lowest BCUT2D eigenvalue weighted by atomic mass is 10.0. The van der Waals surface area contributed by atoms with Crippen LogP contribution in [0.3, 0.4) is 0 Å². The Hall–Kier alpha value is -0.740. The van der Waals surface area contributed by atoms with E-state index in [1.165, 1.54) is 0 Å². The summed E-state index contributed by atoms with van der Waals surface area (Å²) in [6, 6.07) is 1.90. The first-order valence-corrected chi connectivity index (χ1v) is 5.48. The molecule has 0 radical (unpaired) electrons. The van der Waals surface area contributed by atoms with Gasteiger partial charge in [-0.25, -0.2) is 0 Å². The average Bonchev–Trinajstić information content (AvgIpc) is 2.18. The van der Waals surface area contributed by atoms with Gasteiger partial charge < -0.3 is 15.2 Å². The maximum atomic E-state index is 5.89. The second-order valence-corrected chi connectivity index (χ2v) is 4.22. The predicted molar refractivity (Wildman–Crippen MR) is 64.6 cm³/mol. The Bertz CT molecular complexity index is 364. The van der Waals surface area contributed by atoms with E-state index in [2.05, 4.69) is 15.9 Å². The number of rotatable bonds is 3. The highest BCUT2D eigenvalue weighted by atomic mass is 79.9. The van der Waals surface area contributed by atoms with Gasteiger partial charge >= 0.3 is 0 Å². The van der Waals surface area contributed by atoms with Crippen molar-refractivity contribution in [3.63, 3.8) is 0 Å². The molecule has 0 bridgehead atoms. The summed E-state index contributed by atoms with van der Waals surface area (Å²) in [6.45, 7) is 3.93. The summed E-state index contributed by atoms with van der Waals surface area (Å²) in [5.41, 5.74) is 7.96. The molecular weight excluding hydrogens is 258 g/mol. The van der Waals surface area contributed by atoms with Crippen molar-refractivity contribution < 1.29 is 9.47 Å². The number of ether oxygens (including phenoxy) is 2. The third kappa shape index (κ3) is 2.26. The van der Waals surface area contributed by atoms with Crippen LogP contribution in [0.25, 0.3) is 0 Å². The number of benzene rings is 1. The highest BCUT2D eigenvalue weighted by Gasteiger charge is 2.16. The van der Waals surface area contributed by atoms with E-state index in [9.17, 15) is 0 Å². The Morgan fingerprint density at radius 3 is 2.33 bits per heavy atom.